The van der Waals surface area contributed by atoms with Gasteiger partial charge in [0.15, 0.2) is 0 Å². The molecular weight excluding hydrogens is 302 g/mol. The number of anilines is 2. The van der Waals surface area contributed by atoms with Gasteiger partial charge in [-0.25, -0.2) is 5.84 Å². The van der Waals surface area contributed by atoms with Crippen molar-refractivity contribution in [2.75, 3.05) is 68.0 Å². The van der Waals surface area contributed by atoms with Gasteiger partial charge in [-0.2, -0.15) is 4.98 Å². The normalized spacial score (nSPS) is 19.4. The Hall–Kier alpha value is -1.22. The summed E-state index contributed by atoms with van der Waals surface area (Å²) < 4.78 is 11.2. The van der Waals surface area contributed by atoms with Crippen LogP contribution in [-0.4, -0.2) is 67.5 Å². The van der Waals surface area contributed by atoms with E-state index in [4.69, 9.17) is 15.3 Å². The lowest BCUT2D eigenvalue weighted by Gasteiger charge is -2.26. The summed E-state index contributed by atoms with van der Waals surface area (Å²) in [5, 5.41) is 0. The first kappa shape index (κ1) is 15.7. The van der Waals surface area contributed by atoms with Gasteiger partial charge in [0.1, 0.15) is 12.4 Å². The molecule has 0 saturated carbocycles. The molecule has 3 rings (SSSR count). The van der Waals surface area contributed by atoms with E-state index in [0.717, 1.165) is 56.7 Å². The maximum atomic E-state index is 5.83. The molecular formula is C14H23N5O2S. The van der Waals surface area contributed by atoms with Crippen LogP contribution in [0.25, 0.3) is 0 Å². The molecule has 2 aliphatic heterocycles. The summed E-state index contributed by atoms with van der Waals surface area (Å²) in [7, 11) is 0. The van der Waals surface area contributed by atoms with E-state index in [9.17, 15) is 0 Å². The molecule has 2 saturated heterocycles. The third-order valence-electron chi connectivity index (χ3n) is 3.81. The summed E-state index contributed by atoms with van der Waals surface area (Å²) in [5.41, 5.74) is 3.73. The zero-order valence-corrected chi connectivity index (χ0v) is 13.5. The van der Waals surface area contributed by atoms with E-state index in [2.05, 4.69) is 20.2 Å². The number of hydrogen-bond acceptors (Lipinski definition) is 8. The second kappa shape index (κ2) is 7.87. The Morgan fingerprint density at radius 3 is 2.91 bits per heavy atom. The lowest BCUT2D eigenvalue weighted by Crippen LogP contribution is -2.38. The van der Waals surface area contributed by atoms with Gasteiger partial charge in [0.25, 0.3) is 0 Å². The largest absolute Gasteiger partial charge is 0.476 e. The van der Waals surface area contributed by atoms with Crippen molar-refractivity contribution in [3.05, 3.63) is 12.1 Å². The van der Waals surface area contributed by atoms with Gasteiger partial charge < -0.3 is 19.8 Å². The number of morpholine rings is 1. The van der Waals surface area contributed by atoms with Crippen LogP contribution in [-0.2, 0) is 4.74 Å². The van der Waals surface area contributed by atoms with Crippen LogP contribution in [0, 0.1) is 0 Å². The quantitative estimate of drug-likeness (QED) is 0.581. The molecule has 0 spiro atoms. The summed E-state index contributed by atoms with van der Waals surface area (Å²) in [6.45, 7) is 6.11. The topological polar surface area (TPSA) is 75.9 Å². The van der Waals surface area contributed by atoms with Crippen LogP contribution < -0.4 is 20.9 Å². The molecule has 7 nitrogen and oxygen atoms in total. The van der Waals surface area contributed by atoms with Gasteiger partial charge in [-0.1, -0.05) is 0 Å². The van der Waals surface area contributed by atoms with Crippen LogP contribution in [0.5, 0.6) is 5.88 Å². The first-order chi connectivity index (χ1) is 10.8. The number of ether oxygens (including phenoxy) is 2. The number of hydrogen-bond donors (Lipinski definition) is 2. The van der Waals surface area contributed by atoms with Gasteiger partial charge in [-0.15, -0.1) is 11.8 Å². The summed E-state index contributed by atoms with van der Waals surface area (Å²) >= 11 is 1.93. The molecule has 122 valence electrons. The van der Waals surface area contributed by atoms with Gasteiger partial charge in [-0.05, 0) is 0 Å². The highest BCUT2D eigenvalue weighted by Crippen LogP contribution is 2.27. The summed E-state index contributed by atoms with van der Waals surface area (Å²) in [5.74, 6) is 8.93. The summed E-state index contributed by atoms with van der Waals surface area (Å²) in [4.78, 5) is 9.02. The van der Waals surface area contributed by atoms with E-state index in [0.29, 0.717) is 18.3 Å². The zero-order chi connectivity index (χ0) is 15.2. The summed E-state index contributed by atoms with van der Waals surface area (Å²) in [6, 6.07) is 3.95. The number of nitrogens with two attached hydrogens (primary N) is 1. The van der Waals surface area contributed by atoms with Crippen LogP contribution in [0.2, 0.25) is 0 Å². The Labute approximate surface area is 135 Å². The Morgan fingerprint density at radius 2 is 2.18 bits per heavy atom. The van der Waals surface area contributed by atoms with Crippen molar-refractivity contribution in [2.45, 2.75) is 0 Å². The molecule has 2 fully saturated rings. The minimum absolute atomic E-state index is 0.620. The molecule has 2 aliphatic rings. The molecule has 1 aromatic rings. The third-order valence-corrected chi connectivity index (χ3v) is 4.78. The van der Waals surface area contributed by atoms with Crippen molar-refractivity contribution >= 4 is 23.3 Å². The highest BCUT2D eigenvalue weighted by atomic mass is 32.2. The van der Waals surface area contributed by atoms with Crippen molar-refractivity contribution in [1.29, 1.82) is 0 Å². The Morgan fingerprint density at radius 1 is 1.32 bits per heavy atom. The van der Waals surface area contributed by atoms with Crippen LogP contribution in [0.4, 0.5) is 11.5 Å². The van der Waals surface area contributed by atoms with E-state index in [-0.39, 0.29) is 0 Å². The number of rotatable bonds is 6. The number of nitrogen functional groups attached to an aromatic ring is 1. The molecule has 0 unspecified atom stereocenters. The first-order valence-corrected chi connectivity index (χ1v) is 8.75. The third kappa shape index (κ3) is 4.16. The smallest absolute Gasteiger partial charge is 0.217 e. The van der Waals surface area contributed by atoms with E-state index < -0.39 is 0 Å². The second-order valence-electron chi connectivity index (χ2n) is 5.30. The minimum Gasteiger partial charge on any atom is -0.476 e. The van der Waals surface area contributed by atoms with Crippen molar-refractivity contribution in [3.63, 3.8) is 0 Å². The zero-order valence-electron chi connectivity index (χ0n) is 12.7. The molecule has 0 bridgehead atoms. The van der Waals surface area contributed by atoms with E-state index in [1.807, 2.05) is 23.9 Å². The predicted octanol–water partition coefficient (Wildman–Crippen LogP) is 0.589. The highest BCUT2D eigenvalue weighted by Gasteiger charge is 2.15. The standard InChI is InChI=1S/C14H23N5O2S/c15-17-13-9-12(19-4-8-22-11-19)10-14(16-13)21-7-3-18-1-5-20-6-2-18/h9-10H,1-8,11,15H2,(H,16,17). The number of aromatic nitrogens is 1. The van der Waals surface area contributed by atoms with Gasteiger partial charge in [0.05, 0.1) is 19.1 Å². The van der Waals surface area contributed by atoms with Crippen molar-refractivity contribution in [1.82, 2.24) is 9.88 Å². The molecule has 8 heteroatoms. The number of nitrogens with zero attached hydrogens (tertiary/aromatic N) is 3. The van der Waals surface area contributed by atoms with E-state index >= 15 is 0 Å². The van der Waals surface area contributed by atoms with Crippen molar-refractivity contribution in [2.24, 2.45) is 5.84 Å². The van der Waals surface area contributed by atoms with E-state index in [1.165, 1.54) is 0 Å². The van der Waals surface area contributed by atoms with Gasteiger partial charge >= 0.3 is 0 Å². The Bertz CT molecular complexity index is 478. The van der Waals surface area contributed by atoms with Gasteiger partial charge in [-0.3, -0.25) is 4.90 Å². The molecule has 0 atom stereocenters. The molecule has 0 radical (unpaired) electrons. The fourth-order valence-corrected chi connectivity index (χ4v) is 3.52. The predicted molar refractivity (Wildman–Crippen MR) is 89.5 cm³/mol. The Kier molecular flexibility index (Phi) is 5.60. The summed E-state index contributed by atoms with van der Waals surface area (Å²) in [6.07, 6.45) is 0. The van der Waals surface area contributed by atoms with Gasteiger partial charge in [0, 0.05) is 49.8 Å². The van der Waals surface area contributed by atoms with Crippen molar-refractivity contribution in [3.8, 4) is 5.88 Å². The van der Waals surface area contributed by atoms with Crippen molar-refractivity contribution < 1.29 is 9.47 Å². The van der Waals surface area contributed by atoms with Gasteiger partial charge in [0.2, 0.25) is 5.88 Å². The second-order valence-corrected chi connectivity index (χ2v) is 6.37. The lowest BCUT2D eigenvalue weighted by molar-refractivity contribution is 0.0320. The maximum Gasteiger partial charge on any atom is 0.217 e. The lowest BCUT2D eigenvalue weighted by atomic mass is 10.3. The first-order valence-electron chi connectivity index (χ1n) is 7.59. The number of pyridine rings is 1. The maximum absolute atomic E-state index is 5.83. The monoisotopic (exact) mass is 325 g/mol. The average molecular weight is 325 g/mol. The number of hydrazine groups is 1. The molecule has 3 heterocycles. The molecule has 1 aromatic heterocycles. The van der Waals surface area contributed by atoms with Crippen LogP contribution >= 0.6 is 11.8 Å². The average Bonchev–Trinajstić information content (AvgIpc) is 3.10. The van der Waals surface area contributed by atoms with Crippen LogP contribution in [0.3, 0.4) is 0 Å². The SMILES string of the molecule is NNc1cc(N2CCSC2)cc(OCCN2CCOCC2)n1. The molecule has 0 aromatic carbocycles. The Balaban J connectivity index is 1.58. The molecule has 22 heavy (non-hydrogen) atoms. The molecule has 0 amide bonds. The number of thioether (sulfide) groups is 1. The molecule has 3 N–H and O–H groups in total. The fraction of sp³-hybridized carbons (Fsp3) is 0.643. The van der Waals surface area contributed by atoms with Crippen LogP contribution in [0.1, 0.15) is 0 Å². The number of nitrogens with one attached hydrogen (secondary N) is 1. The van der Waals surface area contributed by atoms with E-state index in [1.54, 1.807) is 0 Å². The van der Waals surface area contributed by atoms with Crippen LogP contribution in [0.15, 0.2) is 12.1 Å². The highest BCUT2D eigenvalue weighted by molar-refractivity contribution is 7.99. The minimum atomic E-state index is 0.620. The molecule has 0 aliphatic carbocycles. The fourth-order valence-electron chi connectivity index (χ4n) is 2.54.